The number of carbonyl (C=O) groups is 1. The predicted molar refractivity (Wildman–Crippen MR) is 93.2 cm³/mol. The summed E-state index contributed by atoms with van der Waals surface area (Å²) < 4.78 is 5.95. The number of amides is 1. The largest absolute Gasteiger partial charge is 0.439 e. The summed E-state index contributed by atoms with van der Waals surface area (Å²) in [4.78, 5) is 17.8. The van der Waals surface area contributed by atoms with E-state index < -0.39 is 5.91 Å². The Kier molecular flexibility index (Phi) is 5.11. The maximum atomic E-state index is 11.1. The molecule has 5 nitrogen and oxygen atoms in total. The van der Waals surface area contributed by atoms with Crippen LogP contribution in [0.3, 0.4) is 0 Å². The van der Waals surface area contributed by atoms with Gasteiger partial charge in [-0.05, 0) is 37.1 Å². The van der Waals surface area contributed by atoms with Gasteiger partial charge in [-0.25, -0.2) is 4.98 Å². The third-order valence-electron chi connectivity index (χ3n) is 4.37. The number of fused-ring (bicyclic) bond motifs is 1. The number of aromatic nitrogens is 1. The maximum absolute atomic E-state index is 11.1. The zero-order chi connectivity index (χ0) is 16.9. The first-order valence-electron chi connectivity index (χ1n) is 8.44. The summed E-state index contributed by atoms with van der Waals surface area (Å²) >= 11 is 0. The van der Waals surface area contributed by atoms with E-state index in [1.165, 1.54) is 30.2 Å². The number of nitrogens with zero attached hydrogens (tertiary/aromatic N) is 2. The Morgan fingerprint density at radius 2 is 2.21 bits per heavy atom. The molecule has 0 bridgehead atoms. The van der Waals surface area contributed by atoms with Gasteiger partial charge in [-0.2, -0.15) is 0 Å². The fourth-order valence-corrected chi connectivity index (χ4v) is 3.00. The minimum absolute atomic E-state index is 0.379. The smallest absolute Gasteiger partial charge is 0.250 e. The van der Waals surface area contributed by atoms with Crippen molar-refractivity contribution in [3.63, 3.8) is 0 Å². The van der Waals surface area contributed by atoms with E-state index >= 15 is 0 Å². The van der Waals surface area contributed by atoms with E-state index in [2.05, 4.69) is 22.9 Å². The highest BCUT2D eigenvalue weighted by atomic mass is 16.5. The number of unbranched alkanes of at least 4 members (excludes halogenated alkanes) is 1. The van der Waals surface area contributed by atoms with Crippen molar-refractivity contribution in [3.05, 3.63) is 53.2 Å². The van der Waals surface area contributed by atoms with Crippen molar-refractivity contribution in [3.8, 4) is 11.6 Å². The van der Waals surface area contributed by atoms with Crippen LogP contribution in [0.5, 0.6) is 11.6 Å². The molecule has 1 aliphatic heterocycles. The lowest BCUT2D eigenvalue weighted by Crippen LogP contribution is -2.31. The summed E-state index contributed by atoms with van der Waals surface area (Å²) in [6.07, 6.45) is 4.88. The Balaban J connectivity index is 1.75. The topological polar surface area (TPSA) is 68.5 Å². The molecule has 126 valence electrons. The van der Waals surface area contributed by atoms with Crippen molar-refractivity contribution in [2.24, 2.45) is 5.73 Å². The first-order chi connectivity index (χ1) is 11.7. The lowest BCUT2D eigenvalue weighted by molar-refractivity contribution is 0.1000. The van der Waals surface area contributed by atoms with Gasteiger partial charge in [-0.15, -0.1) is 0 Å². The number of hydrogen-bond acceptors (Lipinski definition) is 4. The van der Waals surface area contributed by atoms with Crippen molar-refractivity contribution in [1.82, 2.24) is 9.88 Å². The van der Waals surface area contributed by atoms with E-state index in [-0.39, 0.29) is 0 Å². The van der Waals surface area contributed by atoms with Crippen LogP contribution < -0.4 is 10.5 Å². The highest BCUT2D eigenvalue weighted by Crippen LogP contribution is 2.31. The normalized spacial score (nSPS) is 14.2. The average molecular weight is 325 g/mol. The van der Waals surface area contributed by atoms with Crippen LogP contribution in [0.2, 0.25) is 0 Å². The minimum atomic E-state index is -0.488. The molecule has 0 saturated carbocycles. The number of rotatable bonds is 6. The van der Waals surface area contributed by atoms with Gasteiger partial charge >= 0.3 is 0 Å². The molecule has 0 saturated heterocycles. The number of nitrogens with two attached hydrogens (primary N) is 1. The molecule has 24 heavy (non-hydrogen) atoms. The van der Waals surface area contributed by atoms with Crippen molar-refractivity contribution in [2.75, 3.05) is 13.1 Å². The molecule has 0 unspecified atom stereocenters. The Morgan fingerprint density at radius 3 is 2.92 bits per heavy atom. The van der Waals surface area contributed by atoms with Crippen LogP contribution in [0.1, 0.15) is 41.3 Å². The van der Waals surface area contributed by atoms with E-state index in [1.807, 2.05) is 12.1 Å². The van der Waals surface area contributed by atoms with Gasteiger partial charge in [0.05, 0.1) is 5.56 Å². The molecule has 5 heteroatoms. The molecule has 0 radical (unpaired) electrons. The van der Waals surface area contributed by atoms with Gasteiger partial charge < -0.3 is 10.5 Å². The van der Waals surface area contributed by atoms with E-state index in [9.17, 15) is 4.79 Å². The molecule has 0 fully saturated rings. The van der Waals surface area contributed by atoms with Gasteiger partial charge in [0.1, 0.15) is 5.75 Å². The Hall–Kier alpha value is -2.40. The number of benzene rings is 1. The first-order valence-corrected chi connectivity index (χ1v) is 8.44. The summed E-state index contributed by atoms with van der Waals surface area (Å²) in [6, 6.07) is 9.48. The summed E-state index contributed by atoms with van der Waals surface area (Å²) in [5.41, 5.74) is 8.19. The molecule has 1 aliphatic rings. The number of primary amides is 1. The van der Waals surface area contributed by atoms with Crippen molar-refractivity contribution >= 4 is 5.91 Å². The summed E-state index contributed by atoms with van der Waals surface area (Å²) in [5, 5.41) is 0. The molecule has 2 aromatic rings. The third-order valence-corrected chi connectivity index (χ3v) is 4.37. The van der Waals surface area contributed by atoms with E-state index in [0.717, 1.165) is 31.8 Å². The molecule has 0 atom stereocenters. The van der Waals surface area contributed by atoms with Gasteiger partial charge in [-0.1, -0.05) is 25.5 Å². The Bertz CT molecular complexity index is 713. The van der Waals surface area contributed by atoms with Crippen molar-refractivity contribution in [2.45, 2.75) is 32.7 Å². The van der Waals surface area contributed by atoms with Gasteiger partial charge in [0.25, 0.3) is 0 Å². The van der Waals surface area contributed by atoms with Crippen LogP contribution in [-0.2, 0) is 13.0 Å². The zero-order valence-electron chi connectivity index (χ0n) is 14.0. The lowest BCUT2D eigenvalue weighted by Gasteiger charge is -2.29. The summed E-state index contributed by atoms with van der Waals surface area (Å²) in [6.45, 7) is 5.40. The Morgan fingerprint density at radius 1 is 1.33 bits per heavy atom. The molecule has 2 N–H and O–H groups in total. The minimum Gasteiger partial charge on any atom is -0.439 e. The highest BCUT2D eigenvalue weighted by Gasteiger charge is 2.19. The van der Waals surface area contributed by atoms with Crippen molar-refractivity contribution < 1.29 is 9.53 Å². The third kappa shape index (κ3) is 3.74. The molecule has 3 rings (SSSR count). The maximum Gasteiger partial charge on any atom is 0.250 e. The quantitative estimate of drug-likeness (QED) is 0.886. The van der Waals surface area contributed by atoms with E-state index in [0.29, 0.717) is 11.4 Å². The van der Waals surface area contributed by atoms with Crippen LogP contribution >= 0.6 is 0 Å². The average Bonchev–Trinajstić information content (AvgIpc) is 2.60. The summed E-state index contributed by atoms with van der Waals surface area (Å²) in [7, 11) is 0. The molecular weight excluding hydrogens is 302 g/mol. The molecule has 0 aliphatic carbocycles. The lowest BCUT2D eigenvalue weighted by atomic mass is 9.98. The summed E-state index contributed by atoms with van der Waals surface area (Å²) in [5.74, 6) is 0.835. The van der Waals surface area contributed by atoms with Gasteiger partial charge in [0.2, 0.25) is 11.8 Å². The second kappa shape index (κ2) is 7.45. The molecule has 2 heterocycles. The van der Waals surface area contributed by atoms with Crippen LogP contribution in [0.15, 0.2) is 36.5 Å². The Labute approximate surface area is 142 Å². The fraction of sp³-hybridized carbons (Fsp3) is 0.368. The van der Waals surface area contributed by atoms with Gasteiger partial charge in [-0.3, -0.25) is 9.69 Å². The van der Waals surface area contributed by atoms with Crippen LogP contribution in [-0.4, -0.2) is 28.9 Å². The SMILES string of the molecule is CCCCN1CCc2c(cccc2Oc2ccc(C(N)=O)cn2)C1. The molecule has 1 aromatic carbocycles. The van der Waals surface area contributed by atoms with Gasteiger partial charge in [0.15, 0.2) is 0 Å². The van der Waals surface area contributed by atoms with Crippen LogP contribution in [0, 0.1) is 0 Å². The highest BCUT2D eigenvalue weighted by molar-refractivity contribution is 5.92. The standard InChI is InChI=1S/C19H23N3O2/c1-2-3-10-22-11-9-16-15(13-22)5-4-6-17(16)24-18-8-7-14(12-21-18)19(20)23/h4-8,12H,2-3,9-11,13H2,1H3,(H2,20,23). The number of carbonyl (C=O) groups excluding carboxylic acids is 1. The number of ether oxygens (including phenoxy) is 1. The second-order valence-corrected chi connectivity index (χ2v) is 6.12. The number of pyridine rings is 1. The van der Waals surface area contributed by atoms with Crippen LogP contribution in [0.25, 0.3) is 0 Å². The molecule has 1 amide bonds. The predicted octanol–water partition coefficient (Wildman–Crippen LogP) is 3.13. The second-order valence-electron chi connectivity index (χ2n) is 6.12. The van der Waals surface area contributed by atoms with Crippen molar-refractivity contribution in [1.29, 1.82) is 0 Å². The van der Waals surface area contributed by atoms with E-state index in [4.69, 9.17) is 10.5 Å². The first kappa shape index (κ1) is 16.5. The van der Waals surface area contributed by atoms with E-state index in [1.54, 1.807) is 12.1 Å². The molecule has 0 spiro atoms. The van der Waals surface area contributed by atoms with Gasteiger partial charge in [0, 0.05) is 30.9 Å². The molecule has 1 aromatic heterocycles. The monoisotopic (exact) mass is 325 g/mol. The fourth-order valence-electron chi connectivity index (χ4n) is 3.00. The zero-order valence-corrected chi connectivity index (χ0v) is 14.0. The van der Waals surface area contributed by atoms with Crippen LogP contribution in [0.4, 0.5) is 0 Å². The number of hydrogen-bond donors (Lipinski definition) is 1. The molecular formula is C19H23N3O2.